The van der Waals surface area contributed by atoms with Crippen molar-refractivity contribution < 1.29 is 0 Å². The summed E-state index contributed by atoms with van der Waals surface area (Å²) < 4.78 is 0. The van der Waals surface area contributed by atoms with Crippen LogP contribution in [0, 0.1) is 17.2 Å². The summed E-state index contributed by atoms with van der Waals surface area (Å²) in [5.41, 5.74) is 1.15. The Labute approximate surface area is 116 Å². The van der Waals surface area contributed by atoms with Crippen molar-refractivity contribution in [1.82, 2.24) is 4.90 Å². The Hall–Kier alpha value is -1.33. The van der Waals surface area contributed by atoms with Gasteiger partial charge in [0.2, 0.25) is 0 Å². The number of nitriles is 1. The topological polar surface area (TPSA) is 27.0 Å². The SMILES string of the molecule is CC(c1ccccc1)N1CCC2CCCCC21C#N. The third-order valence-electron chi connectivity index (χ3n) is 5.21. The highest BCUT2D eigenvalue weighted by molar-refractivity contribution is 5.24. The molecule has 1 aromatic carbocycles. The first kappa shape index (κ1) is 12.7. The first-order chi connectivity index (χ1) is 9.28. The molecule has 1 saturated heterocycles. The van der Waals surface area contributed by atoms with Crippen molar-refractivity contribution in [3.05, 3.63) is 35.9 Å². The average Bonchev–Trinajstić information content (AvgIpc) is 2.87. The van der Waals surface area contributed by atoms with Crippen molar-refractivity contribution in [2.45, 2.75) is 50.6 Å². The molecule has 2 heteroatoms. The second-order valence-electron chi connectivity index (χ2n) is 6.05. The molecular formula is C17H22N2. The van der Waals surface area contributed by atoms with Gasteiger partial charge in [-0.3, -0.25) is 4.90 Å². The Kier molecular flexibility index (Phi) is 3.33. The Morgan fingerprint density at radius 2 is 2.05 bits per heavy atom. The first-order valence-corrected chi connectivity index (χ1v) is 7.51. The van der Waals surface area contributed by atoms with Crippen LogP contribution >= 0.6 is 0 Å². The third kappa shape index (κ3) is 1.97. The maximum Gasteiger partial charge on any atom is 0.112 e. The Morgan fingerprint density at radius 1 is 1.26 bits per heavy atom. The van der Waals surface area contributed by atoms with Gasteiger partial charge in [-0.2, -0.15) is 5.26 Å². The molecule has 2 fully saturated rings. The van der Waals surface area contributed by atoms with Crippen LogP contribution in [0.3, 0.4) is 0 Å². The zero-order chi connectivity index (χ0) is 13.3. The molecule has 100 valence electrons. The summed E-state index contributed by atoms with van der Waals surface area (Å²) in [6.07, 6.45) is 6.02. The standard InChI is InChI=1S/C17H22N2/c1-14(15-7-3-2-4-8-15)19-12-10-16-9-5-6-11-17(16,19)13-18/h2-4,7-8,14,16H,5-6,9-12H2,1H3. The monoisotopic (exact) mass is 254 g/mol. The van der Waals surface area contributed by atoms with Crippen LogP contribution in [0.2, 0.25) is 0 Å². The molecule has 0 bridgehead atoms. The van der Waals surface area contributed by atoms with Crippen LogP contribution in [0.15, 0.2) is 30.3 Å². The molecule has 3 rings (SSSR count). The van der Waals surface area contributed by atoms with Gasteiger partial charge in [-0.25, -0.2) is 0 Å². The fraction of sp³-hybridized carbons (Fsp3) is 0.588. The number of hydrogen-bond acceptors (Lipinski definition) is 2. The van der Waals surface area contributed by atoms with E-state index in [1.54, 1.807) is 0 Å². The number of likely N-dealkylation sites (tertiary alicyclic amines) is 1. The second kappa shape index (κ2) is 4.98. The van der Waals surface area contributed by atoms with Crippen LogP contribution in [0.4, 0.5) is 0 Å². The van der Waals surface area contributed by atoms with Crippen LogP contribution in [-0.2, 0) is 0 Å². The van der Waals surface area contributed by atoms with Gasteiger partial charge in [0.15, 0.2) is 0 Å². The lowest BCUT2D eigenvalue weighted by atomic mass is 9.74. The molecule has 0 N–H and O–H groups in total. The lowest BCUT2D eigenvalue weighted by Crippen LogP contribution is -2.49. The number of fused-ring (bicyclic) bond motifs is 1. The van der Waals surface area contributed by atoms with Gasteiger partial charge in [-0.15, -0.1) is 0 Å². The van der Waals surface area contributed by atoms with Gasteiger partial charge in [0.25, 0.3) is 0 Å². The maximum atomic E-state index is 9.83. The summed E-state index contributed by atoms with van der Waals surface area (Å²) in [6.45, 7) is 3.33. The highest BCUT2D eigenvalue weighted by Crippen LogP contribution is 2.48. The molecule has 0 aromatic heterocycles. The van der Waals surface area contributed by atoms with Crippen molar-refractivity contribution in [1.29, 1.82) is 5.26 Å². The van der Waals surface area contributed by atoms with Gasteiger partial charge in [0.1, 0.15) is 5.54 Å². The summed E-state index contributed by atoms with van der Waals surface area (Å²) in [4.78, 5) is 2.48. The van der Waals surface area contributed by atoms with E-state index in [9.17, 15) is 5.26 Å². The van der Waals surface area contributed by atoms with Crippen molar-refractivity contribution in [2.24, 2.45) is 5.92 Å². The van der Waals surface area contributed by atoms with Crippen molar-refractivity contribution in [2.75, 3.05) is 6.54 Å². The number of nitrogens with zero attached hydrogens (tertiary/aromatic N) is 2. The molecular weight excluding hydrogens is 232 g/mol. The molecule has 3 unspecified atom stereocenters. The third-order valence-corrected chi connectivity index (χ3v) is 5.21. The minimum absolute atomic E-state index is 0.187. The van der Waals surface area contributed by atoms with E-state index in [0.717, 1.165) is 13.0 Å². The molecule has 2 aliphatic rings. The zero-order valence-electron chi connectivity index (χ0n) is 11.7. The van der Waals surface area contributed by atoms with Crippen LogP contribution in [0.1, 0.15) is 50.6 Å². The first-order valence-electron chi connectivity index (χ1n) is 7.51. The van der Waals surface area contributed by atoms with Gasteiger partial charge in [0.05, 0.1) is 6.07 Å². The fourth-order valence-corrected chi connectivity index (χ4v) is 4.15. The lowest BCUT2D eigenvalue weighted by Gasteiger charge is -2.42. The largest absolute Gasteiger partial charge is 0.278 e. The minimum Gasteiger partial charge on any atom is -0.278 e. The van der Waals surface area contributed by atoms with Crippen molar-refractivity contribution in [3.8, 4) is 6.07 Å². The van der Waals surface area contributed by atoms with E-state index in [0.29, 0.717) is 12.0 Å². The molecule has 1 aliphatic carbocycles. The predicted octanol–water partition coefficient (Wildman–Crippen LogP) is 3.91. The number of rotatable bonds is 2. The van der Waals surface area contributed by atoms with E-state index >= 15 is 0 Å². The molecule has 1 aliphatic heterocycles. The Bertz CT molecular complexity index is 476. The summed E-state index contributed by atoms with van der Waals surface area (Å²) in [5.74, 6) is 0.595. The average molecular weight is 254 g/mol. The number of hydrogen-bond donors (Lipinski definition) is 0. The van der Waals surface area contributed by atoms with Gasteiger partial charge < -0.3 is 0 Å². The van der Waals surface area contributed by atoms with E-state index in [2.05, 4.69) is 48.2 Å². The summed E-state index contributed by atoms with van der Waals surface area (Å²) in [7, 11) is 0. The molecule has 19 heavy (non-hydrogen) atoms. The van der Waals surface area contributed by atoms with Gasteiger partial charge in [-0.1, -0.05) is 43.2 Å². The molecule has 1 aromatic rings. The molecule has 0 radical (unpaired) electrons. The van der Waals surface area contributed by atoms with Crippen LogP contribution in [0.25, 0.3) is 0 Å². The maximum absolute atomic E-state index is 9.83. The molecule has 2 nitrogen and oxygen atoms in total. The Balaban J connectivity index is 1.90. The molecule has 0 spiro atoms. The minimum atomic E-state index is -0.187. The van der Waals surface area contributed by atoms with E-state index in [1.165, 1.54) is 31.2 Å². The number of benzene rings is 1. The normalized spacial score (nSPS) is 32.5. The molecule has 1 heterocycles. The van der Waals surface area contributed by atoms with Gasteiger partial charge in [0, 0.05) is 12.6 Å². The van der Waals surface area contributed by atoms with Crippen molar-refractivity contribution in [3.63, 3.8) is 0 Å². The van der Waals surface area contributed by atoms with Crippen LogP contribution in [0.5, 0.6) is 0 Å². The molecule has 1 saturated carbocycles. The summed E-state index contributed by atoms with van der Waals surface area (Å²) in [5, 5.41) is 9.83. The smallest absolute Gasteiger partial charge is 0.112 e. The predicted molar refractivity (Wildman–Crippen MR) is 76.5 cm³/mol. The zero-order valence-corrected chi connectivity index (χ0v) is 11.7. The van der Waals surface area contributed by atoms with E-state index < -0.39 is 0 Å². The Morgan fingerprint density at radius 3 is 2.79 bits per heavy atom. The van der Waals surface area contributed by atoms with Crippen molar-refractivity contribution >= 4 is 0 Å². The summed E-state index contributed by atoms with van der Waals surface area (Å²) in [6, 6.07) is 13.7. The molecule has 3 atom stereocenters. The highest BCUT2D eigenvalue weighted by Gasteiger charge is 2.51. The summed E-state index contributed by atoms with van der Waals surface area (Å²) >= 11 is 0. The lowest BCUT2D eigenvalue weighted by molar-refractivity contribution is 0.0815. The van der Waals surface area contributed by atoms with Crippen LogP contribution in [-0.4, -0.2) is 17.0 Å². The van der Waals surface area contributed by atoms with Gasteiger partial charge >= 0.3 is 0 Å². The second-order valence-corrected chi connectivity index (χ2v) is 6.05. The van der Waals surface area contributed by atoms with E-state index in [1.807, 2.05) is 0 Å². The highest BCUT2D eigenvalue weighted by atomic mass is 15.3. The van der Waals surface area contributed by atoms with Crippen LogP contribution < -0.4 is 0 Å². The quantitative estimate of drug-likeness (QED) is 0.800. The fourth-order valence-electron chi connectivity index (χ4n) is 4.15. The molecule has 0 amide bonds. The van der Waals surface area contributed by atoms with Gasteiger partial charge in [-0.05, 0) is 37.7 Å². The van der Waals surface area contributed by atoms with E-state index in [-0.39, 0.29) is 5.54 Å². The van der Waals surface area contributed by atoms with E-state index in [4.69, 9.17) is 0 Å².